The molecule has 0 unspecified atom stereocenters. The SMILES string of the molecule is CC(=O)c1cc(N(C)CC2CCN(C)CC2)ccc1N. The molecule has 0 radical (unpaired) electrons. The molecule has 20 heavy (non-hydrogen) atoms. The number of nitrogens with two attached hydrogens (primary N) is 1. The average Bonchev–Trinajstić information content (AvgIpc) is 2.41. The highest BCUT2D eigenvalue weighted by Gasteiger charge is 2.18. The summed E-state index contributed by atoms with van der Waals surface area (Å²) in [7, 11) is 4.27. The number of hydrogen-bond acceptors (Lipinski definition) is 4. The zero-order chi connectivity index (χ0) is 14.7. The van der Waals surface area contributed by atoms with Crippen molar-refractivity contribution in [1.29, 1.82) is 0 Å². The minimum absolute atomic E-state index is 0.0250. The van der Waals surface area contributed by atoms with Crippen molar-refractivity contribution < 1.29 is 4.79 Å². The molecule has 1 aliphatic rings. The molecule has 0 atom stereocenters. The van der Waals surface area contributed by atoms with Crippen LogP contribution < -0.4 is 10.6 Å². The molecule has 4 heteroatoms. The van der Waals surface area contributed by atoms with Crippen molar-refractivity contribution in [3.05, 3.63) is 23.8 Å². The number of ketones is 1. The van der Waals surface area contributed by atoms with Crippen molar-refractivity contribution >= 4 is 17.2 Å². The predicted octanol–water partition coefficient (Wildman–Crippen LogP) is 2.25. The minimum Gasteiger partial charge on any atom is -0.398 e. The van der Waals surface area contributed by atoms with Crippen molar-refractivity contribution in [3.63, 3.8) is 0 Å². The number of anilines is 2. The largest absolute Gasteiger partial charge is 0.398 e. The highest BCUT2D eigenvalue weighted by molar-refractivity contribution is 6.00. The first-order valence-corrected chi connectivity index (χ1v) is 7.27. The van der Waals surface area contributed by atoms with Crippen LogP contribution >= 0.6 is 0 Å². The van der Waals surface area contributed by atoms with Gasteiger partial charge in [0.1, 0.15) is 0 Å². The van der Waals surface area contributed by atoms with E-state index in [0.29, 0.717) is 11.3 Å². The summed E-state index contributed by atoms with van der Waals surface area (Å²) in [5.74, 6) is 0.756. The molecule has 1 fully saturated rings. The quantitative estimate of drug-likeness (QED) is 0.676. The zero-order valence-corrected chi connectivity index (χ0v) is 12.7. The third-order valence-corrected chi connectivity index (χ3v) is 4.23. The van der Waals surface area contributed by atoms with Gasteiger partial charge in [-0.15, -0.1) is 0 Å². The van der Waals surface area contributed by atoms with E-state index in [1.807, 2.05) is 18.2 Å². The van der Waals surface area contributed by atoms with Gasteiger partial charge in [-0.2, -0.15) is 0 Å². The highest BCUT2D eigenvalue weighted by atomic mass is 16.1. The van der Waals surface area contributed by atoms with Gasteiger partial charge in [-0.1, -0.05) is 0 Å². The first kappa shape index (κ1) is 14.9. The molecule has 0 amide bonds. The van der Waals surface area contributed by atoms with E-state index >= 15 is 0 Å². The normalized spacial score (nSPS) is 17.1. The van der Waals surface area contributed by atoms with Crippen LogP contribution in [-0.4, -0.2) is 44.4 Å². The molecule has 0 saturated carbocycles. The molecule has 0 bridgehead atoms. The summed E-state index contributed by atoms with van der Waals surface area (Å²) in [6, 6.07) is 5.74. The Labute approximate surface area is 121 Å². The lowest BCUT2D eigenvalue weighted by atomic mass is 9.96. The summed E-state index contributed by atoms with van der Waals surface area (Å²) >= 11 is 0. The van der Waals surface area contributed by atoms with Crippen LogP contribution in [0.1, 0.15) is 30.1 Å². The fraction of sp³-hybridized carbons (Fsp3) is 0.562. The number of benzene rings is 1. The maximum absolute atomic E-state index is 11.6. The lowest BCUT2D eigenvalue weighted by Crippen LogP contribution is -2.35. The molecule has 0 spiro atoms. The van der Waals surface area contributed by atoms with Crippen LogP contribution in [0.2, 0.25) is 0 Å². The second-order valence-electron chi connectivity index (χ2n) is 5.95. The van der Waals surface area contributed by atoms with Crippen LogP contribution in [0.15, 0.2) is 18.2 Å². The van der Waals surface area contributed by atoms with Crippen molar-refractivity contribution in [2.75, 3.05) is 44.4 Å². The van der Waals surface area contributed by atoms with E-state index in [-0.39, 0.29) is 5.78 Å². The number of Topliss-reactive ketones (excluding diaryl/α,β-unsaturated/α-hetero) is 1. The third kappa shape index (κ3) is 3.51. The highest BCUT2D eigenvalue weighted by Crippen LogP contribution is 2.24. The van der Waals surface area contributed by atoms with Gasteiger partial charge in [-0.3, -0.25) is 4.79 Å². The monoisotopic (exact) mass is 275 g/mol. The Morgan fingerprint density at radius 2 is 2.05 bits per heavy atom. The topological polar surface area (TPSA) is 49.6 Å². The number of piperidine rings is 1. The van der Waals surface area contributed by atoms with Crippen molar-refractivity contribution in [3.8, 4) is 0 Å². The van der Waals surface area contributed by atoms with Crippen LogP contribution in [0.25, 0.3) is 0 Å². The van der Waals surface area contributed by atoms with E-state index in [4.69, 9.17) is 5.73 Å². The molecule has 0 aromatic heterocycles. The van der Waals surface area contributed by atoms with Gasteiger partial charge in [-0.25, -0.2) is 0 Å². The first-order valence-electron chi connectivity index (χ1n) is 7.27. The molecule has 0 aliphatic carbocycles. The lowest BCUT2D eigenvalue weighted by molar-refractivity contribution is 0.101. The van der Waals surface area contributed by atoms with E-state index in [1.54, 1.807) is 6.92 Å². The van der Waals surface area contributed by atoms with E-state index in [0.717, 1.165) is 18.2 Å². The second-order valence-corrected chi connectivity index (χ2v) is 5.95. The molecular formula is C16H25N3O. The Balaban J connectivity index is 2.03. The Bertz CT molecular complexity index is 479. The first-order chi connectivity index (χ1) is 9.47. The fourth-order valence-corrected chi connectivity index (χ4v) is 2.82. The van der Waals surface area contributed by atoms with E-state index in [2.05, 4.69) is 23.9 Å². The van der Waals surface area contributed by atoms with Gasteiger partial charge in [-0.05, 0) is 64.0 Å². The molecular weight excluding hydrogens is 250 g/mol. The van der Waals surface area contributed by atoms with Crippen molar-refractivity contribution in [1.82, 2.24) is 4.90 Å². The Morgan fingerprint density at radius 1 is 1.40 bits per heavy atom. The van der Waals surface area contributed by atoms with E-state index < -0.39 is 0 Å². The van der Waals surface area contributed by atoms with Gasteiger partial charge in [0.25, 0.3) is 0 Å². The molecule has 2 rings (SSSR count). The van der Waals surface area contributed by atoms with Crippen LogP contribution in [0, 0.1) is 5.92 Å². The second kappa shape index (κ2) is 6.27. The van der Waals surface area contributed by atoms with E-state index in [9.17, 15) is 4.79 Å². The maximum atomic E-state index is 11.6. The third-order valence-electron chi connectivity index (χ3n) is 4.23. The van der Waals surface area contributed by atoms with Gasteiger partial charge in [0.2, 0.25) is 0 Å². The summed E-state index contributed by atoms with van der Waals surface area (Å²) in [4.78, 5) is 16.2. The molecule has 4 nitrogen and oxygen atoms in total. The zero-order valence-electron chi connectivity index (χ0n) is 12.7. The summed E-state index contributed by atoms with van der Waals surface area (Å²) in [6.45, 7) is 4.96. The molecule has 1 aromatic rings. The Kier molecular flexibility index (Phi) is 4.65. The molecule has 1 saturated heterocycles. The molecule has 1 aromatic carbocycles. The number of carbonyl (C=O) groups excluding carboxylic acids is 1. The summed E-state index contributed by atoms with van der Waals surface area (Å²) in [6.07, 6.45) is 2.49. The standard InChI is InChI=1S/C16H25N3O/c1-12(20)15-10-14(4-5-16(15)17)19(3)11-13-6-8-18(2)9-7-13/h4-5,10,13H,6-9,11,17H2,1-3H3. The summed E-state index contributed by atoms with van der Waals surface area (Å²) in [5.41, 5.74) is 8.10. The molecule has 110 valence electrons. The number of likely N-dealkylation sites (tertiary alicyclic amines) is 1. The van der Waals surface area contributed by atoms with Gasteiger partial charge in [0, 0.05) is 30.5 Å². The number of nitrogens with zero attached hydrogens (tertiary/aromatic N) is 2. The minimum atomic E-state index is 0.0250. The van der Waals surface area contributed by atoms with Crippen LogP contribution in [0.4, 0.5) is 11.4 Å². The van der Waals surface area contributed by atoms with E-state index in [1.165, 1.54) is 25.9 Å². The van der Waals surface area contributed by atoms with Gasteiger partial charge >= 0.3 is 0 Å². The average molecular weight is 275 g/mol. The predicted molar refractivity (Wildman–Crippen MR) is 84.3 cm³/mol. The Hall–Kier alpha value is -1.55. The number of carbonyl (C=O) groups is 1. The number of nitrogen functional groups attached to an aromatic ring is 1. The van der Waals surface area contributed by atoms with Gasteiger partial charge < -0.3 is 15.5 Å². The van der Waals surface area contributed by atoms with Crippen LogP contribution in [-0.2, 0) is 0 Å². The number of rotatable bonds is 4. The smallest absolute Gasteiger partial charge is 0.161 e. The maximum Gasteiger partial charge on any atom is 0.161 e. The number of hydrogen-bond donors (Lipinski definition) is 1. The van der Waals surface area contributed by atoms with Gasteiger partial charge in [0.05, 0.1) is 0 Å². The van der Waals surface area contributed by atoms with Crippen LogP contribution in [0.3, 0.4) is 0 Å². The fourth-order valence-electron chi connectivity index (χ4n) is 2.82. The lowest BCUT2D eigenvalue weighted by Gasteiger charge is -2.32. The summed E-state index contributed by atoms with van der Waals surface area (Å²) < 4.78 is 0. The van der Waals surface area contributed by atoms with Crippen molar-refractivity contribution in [2.45, 2.75) is 19.8 Å². The molecule has 2 N–H and O–H groups in total. The molecule has 1 heterocycles. The molecule has 1 aliphatic heterocycles. The van der Waals surface area contributed by atoms with Crippen molar-refractivity contribution in [2.24, 2.45) is 5.92 Å². The summed E-state index contributed by atoms with van der Waals surface area (Å²) in [5, 5.41) is 0. The Morgan fingerprint density at radius 3 is 2.65 bits per heavy atom. The van der Waals surface area contributed by atoms with Gasteiger partial charge in [0.15, 0.2) is 5.78 Å². The van der Waals surface area contributed by atoms with Crippen LogP contribution in [0.5, 0.6) is 0 Å².